The van der Waals surface area contributed by atoms with E-state index in [9.17, 15) is 4.79 Å². The molecule has 2 rings (SSSR count). The summed E-state index contributed by atoms with van der Waals surface area (Å²) in [5.74, 6) is 0.320. The summed E-state index contributed by atoms with van der Waals surface area (Å²) < 4.78 is 4.68. The van der Waals surface area contributed by atoms with E-state index in [4.69, 9.17) is 5.73 Å². The second-order valence-corrected chi connectivity index (χ2v) is 5.06. The van der Waals surface area contributed by atoms with Gasteiger partial charge in [-0.1, -0.05) is 6.07 Å². The van der Waals surface area contributed by atoms with Crippen LogP contribution in [0.3, 0.4) is 0 Å². The number of esters is 1. The smallest absolute Gasteiger partial charge is 0.356 e. The molecule has 104 valence electrons. The van der Waals surface area contributed by atoms with Gasteiger partial charge < -0.3 is 10.5 Å². The Bertz CT molecular complexity index is 446. The van der Waals surface area contributed by atoms with Gasteiger partial charge in [0.05, 0.1) is 12.8 Å². The summed E-state index contributed by atoms with van der Waals surface area (Å²) in [5, 5.41) is 0. The molecule has 0 bridgehead atoms. The molecule has 2 N–H and O–H groups in total. The lowest BCUT2D eigenvalue weighted by Gasteiger charge is -2.26. The Hall–Kier alpha value is -1.46. The van der Waals surface area contributed by atoms with Gasteiger partial charge >= 0.3 is 5.97 Å². The third-order valence-corrected chi connectivity index (χ3v) is 3.59. The molecule has 1 atom stereocenters. The van der Waals surface area contributed by atoms with E-state index in [0.29, 0.717) is 24.8 Å². The fourth-order valence-corrected chi connectivity index (χ4v) is 2.37. The highest BCUT2D eigenvalue weighted by Crippen LogP contribution is 2.34. The molecule has 5 heteroatoms. The summed E-state index contributed by atoms with van der Waals surface area (Å²) in [6, 6.07) is 5.82. The van der Waals surface area contributed by atoms with Crippen LogP contribution in [0.5, 0.6) is 0 Å². The van der Waals surface area contributed by atoms with Crippen molar-refractivity contribution in [2.45, 2.75) is 25.4 Å². The predicted octanol–water partition coefficient (Wildman–Crippen LogP) is 1.04. The molecule has 0 aliphatic heterocycles. The number of carbonyl (C=O) groups excluding carboxylic acids is 1. The summed E-state index contributed by atoms with van der Waals surface area (Å²) in [4.78, 5) is 18.0. The van der Waals surface area contributed by atoms with Gasteiger partial charge in [-0.2, -0.15) is 0 Å². The molecule has 0 amide bonds. The van der Waals surface area contributed by atoms with Crippen LogP contribution in [-0.2, 0) is 11.3 Å². The van der Waals surface area contributed by atoms with Crippen LogP contribution in [0, 0.1) is 5.92 Å². The number of rotatable bonds is 6. The van der Waals surface area contributed by atoms with Crippen molar-refractivity contribution in [2.75, 3.05) is 20.7 Å². The summed E-state index contributed by atoms with van der Waals surface area (Å²) >= 11 is 0. The Balaban J connectivity index is 2.03. The zero-order chi connectivity index (χ0) is 13.8. The van der Waals surface area contributed by atoms with Gasteiger partial charge in [0.2, 0.25) is 0 Å². The average Bonchev–Trinajstić information content (AvgIpc) is 3.23. The number of likely N-dealkylation sites (N-methyl/N-ethyl adjacent to an activating group) is 1. The Labute approximate surface area is 113 Å². The largest absolute Gasteiger partial charge is 0.464 e. The average molecular weight is 263 g/mol. The van der Waals surface area contributed by atoms with Gasteiger partial charge in [0, 0.05) is 19.1 Å². The first-order valence-electron chi connectivity index (χ1n) is 6.60. The lowest BCUT2D eigenvalue weighted by atomic mass is 10.1. The lowest BCUT2D eigenvalue weighted by Crippen LogP contribution is -2.39. The number of nitrogens with zero attached hydrogens (tertiary/aromatic N) is 2. The number of pyridine rings is 1. The van der Waals surface area contributed by atoms with E-state index in [1.807, 2.05) is 12.1 Å². The third-order valence-electron chi connectivity index (χ3n) is 3.59. The van der Waals surface area contributed by atoms with E-state index in [1.165, 1.54) is 20.0 Å². The summed E-state index contributed by atoms with van der Waals surface area (Å²) in [5.41, 5.74) is 7.05. The topological polar surface area (TPSA) is 68.5 Å². The van der Waals surface area contributed by atoms with Crippen molar-refractivity contribution in [2.24, 2.45) is 11.7 Å². The SMILES string of the molecule is COC(=O)c1cccc(CN(C)C(CN)C2CC2)n1. The molecule has 1 aromatic rings. The zero-order valence-electron chi connectivity index (χ0n) is 11.5. The predicted molar refractivity (Wildman–Crippen MR) is 72.6 cm³/mol. The third kappa shape index (κ3) is 3.52. The highest BCUT2D eigenvalue weighted by molar-refractivity contribution is 5.87. The maximum Gasteiger partial charge on any atom is 0.356 e. The highest BCUT2D eigenvalue weighted by Gasteiger charge is 2.32. The minimum atomic E-state index is -0.401. The van der Waals surface area contributed by atoms with Crippen LogP contribution in [0.1, 0.15) is 29.0 Å². The number of ether oxygens (including phenoxy) is 1. The molecule has 1 saturated carbocycles. The van der Waals surface area contributed by atoms with Crippen LogP contribution in [0.2, 0.25) is 0 Å². The minimum Gasteiger partial charge on any atom is -0.464 e. The minimum absolute atomic E-state index is 0.351. The van der Waals surface area contributed by atoms with Crippen LogP contribution >= 0.6 is 0 Å². The fraction of sp³-hybridized carbons (Fsp3) is 0.571. The van der Waals surface area contributed by atoms with Crippen LogP contribution in [0.25, 0.3) is 0 Å². The normalized spacial score (nSPS) is 16.4. The number of carbonyl (C=O) groups is 1. The molecular formula is C14H21N3O2. The van der Waals surface area contributed by atoms with Crippen molar-refractivity contribution in [3.8, 4) is 0 Å². The van der Waals surface area contributed by atoms with Crippen LogP contribution in [-0.4, -0.2) is 42.6 Å². The molecule has 1 unspecified atom stereocenters. The van der Waals surface area contributed by atoms with Gasteiger partial charge in [-0.15, -0.1) is 0 Å². The van der Waals surface area contributed by atoms with E-state index >= 15 is 0 Å². The molecular weight excluding hydrogens is 242 g/mol. The van der Waals surface area contributed by atoms with Gasteiger partial charge in [-0.25, -0.2) is 9.78 Å². The van der Waals surface area contributed by atoms with E-state index in [0.717, 1.165) is 11.6 Å². The standard InChI is InChI=1S/C14H21N3O2/c1-17(13(8-15)10-6-7-10)9-11-4-3-5-12(16-11)14(18)19-2/h3-5,10,13H,6-9,15H2,1-2H3. The Morgan fingerprint density at radius 1 is 1.58 bits per heavy atom. The molecule has 0 radical (unpaired) electrons. The quantitative estimate of drug-likeness (QED) is 0.777. The second kappa shape index (κ2) is 6.12. The fourth-order valence-electron chi connectivity index (χ4n) is 2.37. The highest BCUT2D eigenvalue weighted by atomic mass is 16.5. The van der Waals surface area contributed by atoms with Crippen molar-refractivity contribution >= 4 is 5.97 Å². The van der Waals surface area contributed by atoms with Crippen molar-refractivity contribution in [3.05, 3.63) is 29.6 Å². The van der Waals surface area contributed by atoms with Gasteiger partial charge in [-0.05, 0) is 37.9 Å². The summed E-state index contributed by atoms with van der Waals surface area (Å²) in [6.45, 7) is 1.36. The van der Waals surface area contributed by atoms with Crippen LogP contribution < -0.4 is 5.73 Å². The van der Waals surface area contributed by atoms with Gasteiger partial charge in [0.1, 0.15) is 5.69 Å². The molecule has 5 nitrogen and oxygen atoms in total. The molecule has 0 saturated heterocycles. The van der Waals surface area contributed by atoms with Gasteiger partial charge in [0.15, 0.2) is 0 Å². The molecule has 19 heavy (non-hydrogen) atoms. The molecule has 0 spiro atoms. The first-order chi connectivity index (χ1) is 9.15. The Morgan fingerprint density at radius 3 is 2.89 bits per heavy atom. The summed E-state index contributed by atoms with van der Waals surface area (Å²) in [6.07, 6.45) is 2.53. The molecule has 1 aromatic heterocycles. The van der Waals surface area contributed by atoms with Crippen molar-refractivity contribution in [1.82, 2.24) is 9.88 Å². The first-order valence-corrected chi connectivity index (χ1v) is 6.60. The number of aromatic nitrogens is 1. The first kappa shape index (κ1) is 14.0. The molecule has 1 heterocycles. The molecule has 1 fully saturated rings. The number of hydrogen-bond donors (Lipinski definition) is 1. The zero-order valence-corrected chi connectivity index (χ0v) is 11.5. The van der Waals surface area contributed by atoms with Gasteiger partial charge in [-0.3, -0.25) is 4.90 Å². The number of nitrogens with two attached hydrogens (primary N) is 1. The molecule has 0 aromatic carbocycles. The van der Waals surface area contributed by atoms with Gasteiger partial charge in [0.25, 0.3) is 0 Å². The maximum atomic E-state index is 11.4. The summed E-state index contributed by atoms with van der Waals surface area (Å²) in [7, 11) is 3.42. The molecule has 1 aliphatic carbocycles. The Morgan fingerprint density at radius 2 is 2.32 bits per heavy atom. The lowest BCUT2D eigenvalue weighted by molar-refractivity contribution is 0.0593. The molecule has 1 aliphatic rings. The van der Waals surface area contributed by atoms with Crippen molar-refractivity contribution in [3.63, 3.8) is 0 Å². The van der Waals surface area contributed by atoms with E-state index in [1.54, 1.807) is 6.07 Å². The number of hydrogen-bond acceptors (Lipinski definition) is 5. The Kier molecular flexibility index (Phi) is 4.50. The van der Waals surface area contributed by atoms with Crippen LogP contribution in [0.15, 0.2) is 18.2 Å². The van der Waals surface area contributed by atoms with E-state index < -0.39 is 5.97 Å². The van der Waals surface area contributed by atoms with Crippen LogP contribution in [0.4, 0.5) is 0 Å². The second-order valence-electron chi connectivity index (χ2n) is 5.06. The van der Waals surface area contributed by atoms with E-state index in [-0.39, 0.29) is 0 Å². The van der Waals surface area contributed by atoms with Crippen molar-refractivity contribution < 1.29 is 9.53 Å². The van der Waals surface area contributed by atoms with Crippen molar-refractivity contribution in [1.29, 1.82) is 0 Å². The maximum absolute atomic E-state index is 11.4. The monoisotopic (exact) mass is 263 g/mol. The number of methoxy groups -OCH3 is 1. The van der Waals surface area contributed by atoms with E-state index in [2.05, 4.69) is 21.7 Å².